The molecule has 1 aliphatic heterocycles. The van der Waals surface area contributed by atoms with E-state index in [0.717, 1.165) is 29.1 Å². The average molecular weight is 559 g/mol. The van der Waals surface area contributed by atoms with E-state index in [2.05, 4.69) is 73.4 Å². The van der Waals surface area contributed by atoms with Crippen LogP contribution in [0.2, 0.25) is 0 Å². The van der Waals surface area contributed by atoms with Gasteiger partial charge in [0.25, 0.3) is 0 Å². The van der Waals surface area contributed by atoms with Gasteiger partial charge in [0.2, 0.25) is 0 Å². The molecule has 0 radical (unpaired) electrons. The van der Waals surface area contributed by atoms with Crippen LogP contribution in [-0.2, 0) is 29.1 Å². The second kappa shape index (κ2) is 11.9. The number of hydrogen-bond donors (Lipinski definition) is 0. The zero-order valence-corrected chi connectivity index (χ0v) is 20.7. The molecular weight excluding hydrogens is 546 g/mol. The van der Waals surface area contributed by atoms with Crippen molar-refractivity contribution < 1.29 is 47.5 Å². The summed E-state index contributed by atoms with van der Waals surface area (Å²) in [6, 6.07) is 18.7. The molecule has 0 aromatic heterocycles. The Bertz CT molecular complexity index is 849. The van der Waals surface area contributed by atoms with E-state index >= 15 is 0 Å². The monoisotopic (exact) mass is 556 g/mol. The van der Waals surface area contributed by atoms with Crippen molar-refractivity contribution in [2.45, 2.75) is 10.6 Å². The molecule has 2 aliphatic carbocycles. The van der Waals surface area contributed by atoms with Gasteiger partial charge in [0, 0.05) is 0 Å². The molecule has 0 spiro atoms. The Morgan fingerprint density at radius 3 is 2.62 bits per heavy atom. The maximum absolute atomic E-state index is 4.17. The molecule has 1 atom stereocenters. The number of fused-ring (bicyclic) bond motifs is 4. The van der Waals surface area contributed by atoms with Crippen molar-refractivity contribution in [3.8, 4) is 0 Å². The van der Waals surface area contributed by atoms with Crippen LogP contribution in [0.1, 0.15) is 22.3 Å². The Hall–Kier alpha value is 0.173. The van der Waals surface area contributed by atoms with Gasteiger partial charge >= 0.3 is 31.5 Å². The molecule has 2 aromatic rings. The largest absolute Gasteiger partial charge is 0.147 e. The van der Waals surface area contributed by atoms with Crippen LogP contribution in [0.4, 0.5) is 0 Å². The Labute approximate surface area is 198 Å². The second-order valence-corrected chi connectivity index (χ2v) is 8.05. The maximum atomic E-state index is 4.17. The zero-order chi connectivity index (χ0) is 16.9. The van der Waals surface area contributed by atoms with Crippen molar-refractivity contribution in [3.63, 3.8) is 0 Å². The fraction of sp³-hybridized carbons (Fsp3) is 0.100. The smallest absolute Gasteiger partial charge is 0.0528 e. The molecule has 3 aliphatic rings. The standard InChI is InChI=1S/C11H6BrS.C9H7.2ClH.S.Zr/c12-11-6-9-8-4-2-1-3-7(8)5-10(9)13-11;1-2-5-9-7-3-6-8(9)4-1;;;;/h1-3,5-6,11H;1-4,7H,6H2;2*1H;;/q2*-1;;;;+2/p-2. The number of rotatable bonds is 0. The van der Waals surface area contributed by atoms with Gasteiger partial charge in [-0.3, -0.25) is 0 Å². The van der Waals surface area contributed by atoms with Gasteiger partial charge in [-0.15, -0.1) is 94.7 Å². The van der Waals surface area contributed by atoms with E-state index in [9.17, 15) is 0 Å². The summed E-state index contributed by atoms with van der Waals surface area (Å²) in [5.74, 6) is 0. The van der Waals surface area contributed by atoms with Crippen LogP contribution in [0.15, 0.2) is 53.5 Å². The SMILES string of the molecule is BrC1C=C2C(=Cc3ccc[c-]c32)S1.[Cl-].[Cl-].[S]=[Zr+2].[c-]1cccc2c1C=CC2. The first-order chi connectivity index (χ1) is 11.8. The first kappa shape index (κ1) is 24.2. The normalized spacial score (nSPS) is 16.8. The van der Waals surface area contributed by atoms with E-state index in [1.165, 1.54) is 32.7 Å². The summed E-state index contributed by atoms with van der Waals surface area (Å²) >= 11 is 6.57. The van der Waals surface area contributed by atoms with E-state index in [4.69, 9.17) is 0 Å². The van der Waals surface area contributed by atoms with Crippen LogP contribution in [0.5, 0.6) is 0 Å². The molecule has 0 bridgehead atoms. The number of allylic oxidation sites excluding steroid dienone is 2. The molecule has 2 aromatic carbocycles. The minimum atomic E-state index is 0. The molecule has 0 saturated heterocycles. The van der Waals surface area contributed by atoms with Crippen LogP contribution in [-0.4, -0.2) is 4.16 Å². The molecular formula is C20H13BrCl2S2Zr-2. The summed E-state index contributed by atoms with van der Waals surface area (Å²) in [7, 11) is 4.17. The van der Waals surface area contributed by atoms with Crippen LogP contribution in [0.3, 0.4) is 0 Å². The van der Waals surface area contributed by atoms with Crippen molar-refractivity contribution in [2.24, 2.45) is 0 Å². The van der Waals surface area contributed by atoms with Crippen LogP contribution in [0, 0.1) is 12.1 Å². The average Bonchev–Trinajstić information content (AvgIpc) is 3.31. The third kappa shape index (κ3) is 5.59. The number of halogens is 3. The minimum Gasteiger partial charge on any atom is -0.147 e. The van der Waals surface area contributed by atoms with E-state index in [1.807, 2.05) is 36.0 Å². The molecule has 6 heteroatoms. The fourth-order valence-corrected chi connectivity index (χ4v) is 4.62. The molecule has 0 fully saturated rings. The molecule has 0 nitrogen and oxygen atoms in total. The quantitative estimate of drug-likeness (QED) is 0.339. The summed E-state index contributed by atoms with van der Waals surface area (Å²) < 4.78 is 0.440. The maximum Gasteiger partial charge on any atom is -0.0528 e. The number of benzene rings is 2. The predicted octanol–water partition coefficient (Wildman–Crippen LogP) is 0.402. The van der Waals surface area contributed by atoms with E-state index in [-0.39, 0.29) is 24.8 Å². The van der Waals surface area contributed by atoms with Gasteiger partial charge < -0.3 is 24.8 Å². The summed E-state index contributed by atoms with van der Waals surface area (Å²) in [5.41, 5.74) is 6.57. The summed E-state index contributed by atoms with van der Waals surface area (Å²) in [6.45, 7) is 0. The Kier molecular flexibility index (Phi) is 11.1. The Balaban J connectivity index is 0.000000232. The third-order valence-electron chi connectivity index (χ3n) is 3.85. The van der Waals surface area contributed by atoms with Crippen LogP contribution in [0.25, 0.3) is 17.7 Å². The first-order valence-electron chi connectivity index (χ1n) is 7.43. The number of thioether (sulfide) groups is 1. The van der Waals surface area contributed by atoms with Crippen molar-refractivity contribution in [3.05, 3.63) is 87.8 Å². The minimum absolute atomic E-state index is 0. The van der Waals surface area contributed by atoms with Crippen molar-refractivity contribution >= 4 is 54.3 Å². The van der Waals surface area contributed by atoms with Gasteiger partial charge in [0.1, 0.15) is 0 Å². The van der Waals surface area contributed by atoms with E-state index in [1.54, 1.807) is 0 Å². The van der Waals surface area contributed by atoms with Crippen molar-refractivity contribution in [1.82, 2.24) is 0 Å². The van der Waals surface area contributed by atoms with Gasteiger partial charge in [-0.1, -0.05) is 40.1 Å². The molecule has 1 unspecified atom stereocenters. The van der Waals surface area contributed by atoms with Gasteiger partial charge in [-0.2, -0.15) is 0 Å². The Morgan fingerprint density at radius 2 is 1.85 bits per heavy atom. The molecule has 132 valence electrons. The number of hydrogen-bond acceptors (Lipinski definition) is 2. The van der Waals surface area contributed by atoms with Gasteiger partial charge in [0.05, 0.1) is 4.16 Å². The van der Waals surface area contributed by atoms with Crippen molar-refractivity contribution in [1.29, 1.82) is 0 Å². The molecule has 0 saturated carbocycles. The summed E-state index contributed by atoms with van der Waals surface area (Å²) in [6.07, 6.45) is 9.87. The van der Waals surface area contributed by atoms with Crippen LogP contribution >= 0.6 is 36.5 Å². The summed E-state index contributed by atoms with van der Waals surface area (Å²) in [5, 5.41) is 0. The predicted molar refractivity (Wildman–Crippen MR) is 107 cm³/mol. The summed E-state index contributed by atoms with van der Waals surface area (Å²) in [4.78, 5) is 1.37. The van der Waals surface area contributed by atoms with Gasteiger partial charge in [-0.05, 0) is 4.91 Å². The number of alkyl halides is 1. The molecule has 5 rings (SSSR count). The Morgan fingerprint density at radius 1 is 1.12 bits per heavy atom. The third-order valence-corrected chi connectivity index (χ3v) is 5.63. The molecule has 0 amide bonds. The molecule has 0 N–H and O–H groups in total. The molecule has 26 heavy (non-hydrogen) atoms. The topological polar surface area (TPSA) is 0 Å². The van der Waals surface area contributed by atoms with Crippen LogP contribution < -0.4 is 24.8 Å². The van der Waals surface area contributed by atoms with E-state index < -0.39 is 0 Å². The van der Waals surface area contributed by atoms with Gasteiger partial charge in [0.15, 0.2) is 0 Å². The fourth-order valence-electron chi connectivity index (χ4n) is 2.82. The van der Waals surface area contributed by atoms with Gasteiger partial charge in [-0.25, -0.2) is 0 Å². The molecule has 1 heterocycles. The first-order valence-corrected chi connectivity index (χ1v) is 12.6. The van der Waals surface area contributed by atoms with E-state index in [0.29, 0.717) is 4.16 Å². The van der Waals surface area contributed by atoms with Crippen molar-refractivity contribution in [2.75, 3.05) is 0 Å². The second-order valence-electron chi connectivity index (χ2n) is 5.27. The zero-order valence-electron chi connectivity index (χ0n) is 13.5.